The van der Waals surface area contributed by atoms with E-state index in [1.807, 2.05) is 0 Å². The largest absolute Gasteiger partial charge is 0.481 e. The van der Waals surface area contributed by atoms with Crippen molar-refractivity contribution in [2.45, 2.75) is 32.5 Å². The van der Waals surface area contributed by atoms with E-state index in [4.69, 9.17) is 5.11 Å². The van der Waals surface area contributed by atoms with Gasteiger partial charge in [-0.15, -0.1) is 0 Å². The van der Waals surface area contributed by atoms with Crippen LogP contribution in [-0.4, -0.2) is 23.7 Å². The molecule has 3 nitrogen and oxygen atoms in total. The van der Waals surface area contributed by atoms with Crippen LogP contribution in [0.3, 0.4) is 0 Å². The lowest BCUT2D eigenvalue weighted by molar-refractivity contribution is -0.138. The fraction of sp³-hybridized carbons (Fsp3) is 0.462. The summed E-state index contributed by atoms with van der Waals surface area (Å²) in [6.45, 7) is 3.44. The zero-order valence-corrected chi connectivity index (χ0v) is 11.0. The van der Waals surface area contributed by atoms with Crippen molar-refractivity contribution in [3.63, 3.8) is 0 Å². The zero-order chi connectivity index (χ0) is 15.5. The number of carboxylic acid groups (broad SMARTS) is 1. The summed E-state index contributed by atoms with van der Waals surface area (Å²) in [6.07, 6.45) is -4.83. The first-order valence-corrected chi connectivity index (χ1v) is 5.98. The Morgan fingerprint density at radius 1 is 1.35 bits per heavy atom. The molecule has 0 radical (unpaired) electrons. The summed E-state index contributed by atoms with van der Waals surface area (Å²) in [5, 5.41) is 8.64. The van der Waals surface area contributed by atoms with E-state index >= 15 is 0 Å². The van der Waals surface area contributed by atoms with Gasteiger partial charge >= 0.3 is 12.1 Å². The standard InChI is InChI=1S/C13H15F4NO2/c1-8(2)18(6-5-12(19)20)11-4-3-9(7-10(11)14)13(15,16)17/h3-4,7-8H,5-6H2,1-2H3,(H,19,20). The van der Waals surface area contributed by atoms with E-state index in [0.717, 1.165) is 12.1 Å². The maximum atomic E-state index is 13.8. The third-order valence-electron chi connectivity index (χ3n) is 2.77. The number of rotatable bonds is 5. The van der Waals surface area contributed by atoms with Crippen molar-refractivity contribution < 1.29 is 27.5 Å². The number of hydrogen-bond donors (Lipinski definition) is 1. The Labute approximate surface area is 113 Å². The number of nitrogens with zero attached hydrogens (tertiary/aromatic N) is 1. The zero-order valence-electron chi connectivity index (χ0n) is 11.0. The molecule has 0 unspecified atom stereocenters. The van der Waals surface area contributed by atoms with Crippen molar-refractivity contribution in [3.05, 3.63) is 29.6 Å². The summed E-state index contributed by atoms with van der Waals surface area (Å²) in [4.78, 5) is 12.0. The fourth-order valence-electron chi connectivity index (χ4n) is 1.79. The number of aliphatic carboxylic acids is 1. The molecule has 1 rings (SSSR count). The Hall–Kier alpha value is -1.79. The molecule has 0 bridgehead atoms. The van der Waals surface area contributed by atoms with Gasteiger partial charge in [0, 0.05) is 12.6 Å². The minimum Gasteiger partial charge on any atom is -0.481 e. The second-order valence-corrected chi connectivity index (χ2v) is 4.59. The molecule has 0 fully saturated rings. The first-order chi connectivity index (χ1) is 9.12. The highest BCUT2D eigenvalue weighted by atomic mass is 19.4. The topological polar surface area (TPSA) is 40.5 Å². The Balaban J connectivity index is 3.06. The molecule has 0 atom stereocenters. The van der Waals surface area contributed by atoms with Gasteiger partial charge in [-0.2, -0.15) is 13.2 Å². The molecule has 0 aliphatic carbocycles. The van der Waals surface area contributed by atoms with Gasteiger partial charge < -0.3 is 10.0 Å². The molecule has 0 heterocycles. The average molecular weight is 293 g/mol. The van der Waals surface area contributed by atoms with Crippen molar-refractivity contribution >= 4 is 11.7 Å². The maximum absolute atomic E-state index is 13.8. The van der Waals surface area contributed by atoms with Crippen LogP contribution < -0.4 is 4.90 Å². The summed E-state index contributed by atoms with van der Waals surface area (Å²) in [7, 11) is 0. The van der Waals surface area contributed by atoms with E-state index in [2.05, 4.69) is 0 Å². The van der Waals surface area contributed by atoms with Crippen LogP contribution in [0.1, 0.15) is 25.8 Å². The molecule has 0 aromatic heterocycles. The third-order valence-corrected chi connectivity index (χ3v) is 2.77. The van der Waals surface area contributed by atoms with E-state index in [9.17, 15) is 22.4 Å². The van der Waals surface area contributed by atoms with Gasteiger partial charge in [0.1, 0.15) is 5.82 Å². The molecule has 0 amide bonds. The molecule has 1 aromatic carbocycles. The van der Waals surface area contributed by atoms with Crippen LogP contribution in [0.2, 0.25) is 0 Å². The van der Waals surface area contributed by atoms with Crippen molar-refractivity contribution in [1.82, 2.24) is 0 Å². The van der Waals surface area contributed by atoms with E-state index in [0.29, 0.717) is 6.07 Å². The van der Waals surface area contributed by atoms with Crippen LogP contribution in [0.5, 0.6) is 0 Å². The number of hydrogen-bond acceptors (Lipinski definition) is 2. The minimum atomic E-state index is -4.61. The molecule has 0 saturated heterocycles. The summed E-state index contributed by atoms with van der Waals surface area (Å²) in [6, 6.07) is 2.00. The molecule has 0 aliphatic rings. The van der Waals surface area contributed by atoms with Gasteiger partial charge in [-0.3, -0.25) is 4.79 Å². The molecule has 7 heteroatoms. The lowest BCUT2D eigenvalue weighted by atomic mass is 10.1. The summed E-state index contributed by atoms with van der Waals surface area (Å²) in [5.74, 6) is -2.07. The summed E-state index contributed by atoms with van der Waals surface area (Å²) >= 11 is 0. The first kappa shape index (κ1) is 16.3. The van der Waals surface area contributed by atoms with Gasteiger partial charge in [-0.05, 0) is 32.0 Å². The van der Waals surface area contributed by atoms with Crippen LogP contribution in [0.25, 0.3) is 0 Å². The normalized spacial score (nSPS) is 11.8. The van der Waals surface area contributed by atoms with Crippen molar-refractivity contribution in [1.29, 1.82) is 0 Å². The molecular weight excluding hydrogens is 278 g/mol. The first-order valence-electron chi connectivity index (χ1n) is 5.98. The third kappa shape index (κ3) is 4.11. The fourth-order valence-corrected chi connectivity index (χ4v) is 1.79. The van der Waals surface area contributed by atoms with Crippen LogP contribution in [0.15, 0.2) is 18.2 Å². The van der Waals surface area contributed by atoms with E-state index < -0.39 is 23.5 Å². The molecule has 0 saturated carbocycles. The second-order valence-electron chi connectivity index (χ2n) is 4.59. The van der Waals surface area contributed by atoms with E-state index in [-0.39, 0.29) is 24.7 Å². The van der Waals surface area contributed by atoms with Gasteiger partial charge in [0.15, 0.2) is 0 Å². The molecule has 112 valence electrons. The molecule has 0 aliphatic heterocycles. The Bertz CT molecular complexity index is 486. The monoisotopic (exact) mass is 293 g/mol. The second kappa shape index (κ2) is 6.11. The van der Waals surface area contributed by atoms with Crippen molar-refractivity contribution in [3.8, 4) is 0 Å². The minimum absolute atomic E-state index is 0.0231. The van der Waals surface area contributed by atoms with Gasteiger partial charge in [-0.25, -0.2) is 4.39 Å². The molecule has 1 aromatic rings. The molecule has 20 heavy (non-hydrogen) atoms. The summed E-state index contributed by atoms with van der Waals surface area (Å²) < 4.78 is 51.2. The number of carbonyl (C=O) groups is 1. The van der Waals surface area contributed by atoms with Crippen LogP contribution in [-0.2, 0) is 11.0 Å². The van der Waals surface area contributed by atoms with E-state index in [1.165, 1.54) is 4.90 Å². The van der Waals surface area contributed by atoms with E-state index in [1.54, 1.807) is 13.8 Å². The number of anilines is 1. The highest BCUT2D eigenvalue weighted by Gasteiger charge is 2.31. The Morgan fingerprint density at radius 2 is 1.95 bits per heavy atom. The number of alkyl halides is 3. The van der Waals surface area contributed by atoms with Gasteiger partial charge in [0.05, 0.1) is 17.7 Å². The number of carboxylic acids is 1. The van der Waals surface area contributed by atoms with Crippen LogP contribution >= 0.6 is 0 Å². The molecular formula is C13H15F4NO2. The van der Waals surface area contributed by atoms with Gasteiger partial charge in [-0.1, -0.05) is 0 Å². The molecule has 1 N–H and O–H groups in total. The Morgan fingerprint density at radius 3 is 2.35 bits per heavy atom. The predicted molar refractivity (Wildman–Crippen MR) is 66.1 cm³/mol. The number of halogens is 4. The number of benzene rings is 1. The predicted octanol–water partition coefficient (Wildman–Crippen LogP) is 3.53. The highest BCUT2D eigenvalue weighted by molar-refractivity contribution is 5.67. The highest BCUT2D eigenvalue weighted by Crippen LogP contribution is 2.32. The maximum Gasteiger partial charge on any atom is 0.416 e. The van der Waals surface area contributed by atoms with Crippen LogP contribution in [0, 0.1) is 5.82 Å². The lowest BCUT2D eigenvalue weighted by Crippen LogP contribution is -2.33. The average Bonchev–Trinajstić information content (AvgIpc) is 2.28. The Kier molecular flexibility index (Phi) is 4.97. The van der Waals surface area contributed by atoms with Crippen molar-refractivity contribution in [2.75, 3.05) is 11.4 Å². The molecule has 0 spiro atoms. The smallest absolute Gasteiger partial charge is 0.416 e. The van der Waals surface area contributed by atoms with Crippen molar-refractivity contribution in [2.24, 2.45) is 0 Å². The van der Waals surface area contributed by atoms with Gasteiger partial charge in [0.2, 0.25) is 0 Å². The quantitative estimate of drug-likeness (QED) is 0.844. The van der Waals surface area contributed by atoms with Crippen LogP contribution in [0.4, 0.5) is 23.2 Å². The summed E-state index contributed by atoms with van der Waals surface area (Å²) in [5.41, 5.74) is -1.10. The van der Waals surface area contributed by atoms with Gasteiger partial charge in [0.25, 0.3) is 0 Å². The lowest BCUT2D eigenvalue weighted by Gasteiger charge is -2.29. The SMILES string of the molecule is CC(C)N(CCC(=O)O)c1ccc(C(F)(F)F)cc1F.